The normalized spacial score (nSPS) is 18.5. The molecule has 6 nitrogen and oxygen atoms in total. The molecule has 7 heteroatoms. The molecular formula is C23H30N2O4S. The fraction of sp³-hybridized carbons (Fsp3) is 0.478. The highest BCUT2D eigenvalue weighted by atomic mass is 32.1. The van der Waals surface area contributed by atoms with Gasteiger partial charge in [-0.25, -0.2) is 0 Å². The lowest BCUT2D eigenvalue weighted by Crippen LogP contribution is -2.50. The minimum atomic E-state index is -0.161. The molecule has 30 heavy (non-hydrogen) atoms. The maximum Gasteiger partial charge on any atom is 0.264 e. The van der Waals surface area contributed by atoms with Crippen molar-refractivity contribution in [3.63, 3.8) is 0 Å². The van der Waals surface area contributed by atoms with Gasteiger partial charge in [-0.1, -0.05) is 19.4 Å². The van der Waals surface area contributed by atoms with Crippen LogP contribution in [-0.2, 0) is 4.79 Å². The van der Waals surface area contributed by atoms with Gasteiger partial charge in [-0.2, -0.15) is 0 Å². The molecule has 0 unspecified atom stereocenters. The minimum Gasteiger partial charge on any atom is -0.494 e. The summed E-state index contributed by atoms with van der Waals surface area (Å²) in [5.41, 5.74) is 0. The molecule has 1 aliphatic carbocycles. The number of likely N-dealkylation sites (N-methyl/N-ethyl adjacent to an activating group) is 1. The number of hydrogen-bond donors (Lipinski definition) is 1. The molecule has 0 saturated heterocycles. The lowest BCUT2D eigenvalue weighted by Gasteiger charge is -2.33. The first kappa shape index (κ1) is 22.2. The molecule has 0 radical (unpaired) electrons. The number of carbonyl (C=O) groups excluding carboxylic acids is 2. The largest absolute Gasteiger partial charge is 0.494 e. The molecule has 2 atom stereocenters. The van der Waals surface area contributed by atoms with Gasteiger partial charge in [-0.3, -0.25) is 9.59 Å². The summed E-state index contributed by atoms with van der Waals surface area (Å²) in [6.45, 7) is 2.80. The van der Waals surface area contributed by atoms with Crippen molar-refractivity contribution in [2.75, 3.05) is 20.2 Å². The highest BCUT2D eigenvalue weighted by Gasteiger charge is 2.29. The molecule has 1 saturated carbocycles. The summed E-state index contributed by atoms with van der Waals surface area (Å²) in [5.74, 6) is 1.30. The van der Waals surface area contributed by atoms with Crippen LogP contribution in [-0.4, -0.2) is 49.1 Å². The molecule has 0 spiro atoms. The van der Waals surface area contributed by atoms with E-state index in [1.807, 2.05) is 35.7 Å². The molecule has 1 N–H and O–H groups in total. The van der Waals surface area contributed by atoms with E-state index in [0.29, 0.717) is 11.5 Å². The molecule has 0 bridgehead atoms. The number of ether oxygens (including phenoxy) is 2. The highest BCUT2D eigenvalue weighted by molar-refractivity contribution is 7.12. The third-order valence-electron chi connectivity index (χ3n) is 5.09. The van der Waals surface area contributed by atoms with E-state index in [-0.39, 0.29) is 30.5 Å². The second-order valence-corrected chi connectivity index (χ2v) is 8.52. The van der Waals surface area contributed by atoms with Crippen LogP contribution >= 0.6 is 11.3 Å². The van der Waals surface area contributed by atoms with E-state index in [0.717, 1.165) is 43.6 Å². The molecular weight excluding hydrogens is 400 g/mol. The average Bonchev–Trinajstić information content (AvgIpc) is 3.29. The van der Waals surface area contributed by atoms with Gasteiger partial charge in [-0.15, -0.1) is 11.3 Å². The average molecular weight is 431 g/mol. The van der Waals surface area contributed by atoms with Gasteiger partial charge in [0.15, 0.2) is 0 Å². The van der Waals surface area contributed by atoms with Crippen molar-refractivity contribution in [1.82, 2.24) is 10.2 Å². The summed E-state index contributed by atoms with van der Waals surface area (Å²) in [4.78, 5) is 27.0. The molecule has 3 rings (SSSR count). The van der Waals surface area contributed by atoms with Crippen LogP contribution in [0.4, 0.5) is 0 Å². The van der Waals surface area contributed by atoms with E-state index in [9.17, 15) is 9.59 Å². The number of thiophene rings is 1. The number of nitrogens with zero attached hydrogens (tertiary/aromatic N) is 1. The van der Waals surface area contributed by atoms with Gasteiger partial charge in [0.05, 0.1) is 24.1 Å². The van der Waals surface area contributed by atoms with Crippen molar-refractivity contribution in [3.8, 4) is 11.5 Å². The smallest absolute Gasteiger partial charge is 0.264 e. The fourth-order valence-corrected chi connectivity index (χ4v) is 4.26. The Morgan fingerprint density at radius 3 is 2.57 bits per heavy atom. The Labute approximate surface area is 182 Å². The first-order valence-electron chi connectivity index (χ1n) is 10.5. The summed E-state index contributed by atoms with van der Waals surface area (Å²) in [6.07, 6.45) is 4.78. The molecule has 162 valence electrons. The monoisotopic (exact) mass is 430 g/mol. The molecule has 1 heterocycles. The quantitative estimate of drug-likeness (QED) is 0.650. The Hall–Kier alpha value is -2.54. The summed E-state index contributed by atoms with van der Waals surface area (Å²) in [7, 11) is 1.65. The standard InChI is InChI=1S/C23H30N2O4S/c1-3-14-28-17-10-12-18(13-11-17)29-20-8-5-4-7-19(20)24-22(26)16-25(2)23(27)21-9-6-15-30-21/h6,9-13,15,19-20H,3-5,7-8,14,16H2,1-2H3,(H,24,26)/t19-,20-/m0/s1. The van der Waals surface area contributed by atoms with Crippen molar-refractivity contribution in [1.29, 1.82) is 0 Å². The summed E-state index contributed by atoms with van der Waals surface area (Å²) >= 11 is 1.38. The predicted octanol–water partition coefficient (Wildman–Crippen LogP) is 4.12. The van der Waals surface area contributed by atoms with Crippen LogP contribution in [0.5, 0.6) is 11.5 Å². The Bertz CT molecular complexity index is 807. The first-order chi connectivity index (χ1) is 14.6. The number of benzene rings is 1. The van der Waals surface area contributed by atoms with Gasteiger partial charge in [0.25, 0.3) is 5.91 Å². The maximum absolute atomic E-state index is 12.6. The SMILES string of the molecule is CCCOc1ccc(O[C@H]2CCCC[C@@H]2NC(=O)CN(C)C(=O)c2cccs2)cc1. The van der Waals surface area contributed by atoms with Crippen molar-refractivity contribution < 1.29 is 19.1 Å². The third kappa shape index (κ3) is 6.23. The van der Waals surface area contributed by atoms with Crippen LogP contribution < -0.4 is 14.8 Å². The van der Waals surface area contributed by atoms with Crippen molar-refractivity contribution in [2.24, 2.45) is 0 Å². The van der Waals surface area contributed by atoms with Crippen LogP contribution in [0.1, 0.15) is 48.7 Å². The number of carbonyl (C=O) groups is 2. The zero-order chi connectivity index (χ0) is 21.3. The summed E-state index contributed by atoms with van der Waals surface area (Å²) < 4.78 is 11.8. The van der Waals surface area contributed by atoms with E-state index in [2.05, 4.69) is 12.2 Å². The van der Waals surface area contributed by atoms with E-state index >= 15 is 0 Å². The van der Waals surface area contributed by atoms with Gasteiger partial charge in [0, 0.05) is 7.05 Å². The predicted molar refractivity (Wildman–Crippen MR) is 118 cm³/mol. The number of amides is 2. The Morgan fingerprint density at radius 2 is 1.87 bits per heavy atom. The lowest BCUT2D eigenvalue weighted by molar-refractivity contribution is -0.123. The van der Waals surface area contributed by atoms with Crippen molar-refractivity contribution in [2.45, 2.75) is 51.2 Å². The topological polar surface area (TPSA) is 67.9 Å². The Morgan fingerprint density at radius 1 is 1.13 bits per heavy atom. The molecule has 1 aromatic heterocycles. The second-order valence-electron chi connectivity index (χ2n) is 7.57. The molecule has 2 amide bonds. The van der Waals surface area contributed by atoms with Crippen LogP contribution in [0.25, 0.3) is 0 Å². The van der Waals surface area contributed by atoms with Crippen LogP contribution in [0.3, 0.4) is 0 Å². The summed E-state index contributed by atoms with van der Waals surface area (Å²) in [6, 6.07) is 11.2. The number of nitrogens with one attached hydrogen (secondary N) is 1. The molecule has 2 aromatic rings. The zero-order valence-corrected chi connectivity index (χ0v) is 18.5. The van der Waals surface area contributed by atoms with E-state index in [4.69, 9.17) is 9.47 Å². The van der Waals surface area contributed by atoms with Gasteiger partial charge < -0.3 is 19.7 Å². The van der Waals surface area contributed by atoms with Gasteiger partial charge >= 0.3 is 0 Å². The number of hydrogen-bond acceptors (Lipinski definition) is 5. The van der Waals surface area contributed by atoms with Gasteiger partial charge in [0.1, 0.15) is 17.6 Å². The van der Waals surface area contributed by atoms with E-state index < -0.39 is 0 Å². The molecule has 1 fully saturated rings. The number of rotatable bonds is 9. The molecule has 1 aliphatic rings. The van der Waals surface area contributed by atoms with Crippen LogP contribution in [0.2, 0.25) is 0 Å². The van der Waals surface area contributed by atoms with Crippen molar-refractivity contribution >= 4 is 23.2 Å². The first-order valence-corrected chi connectivity index (χ1v) is 11.4. The van der Waals surface area contributed by atoms with E-state index in [1.165, 1.54) is 16.2 Å². The fourth-order valence-electron chi connectivity index (χ4n) is 3.54. The Balaban J connectivity index is 1.53. The zero-order valence-electron chi connectivity index (χ0n) is 17.6. The highest BCUT2D eigenvalue weighted by Crippen LogP contribution is 2.25. The van der Waals surface area contributed by atoms with Gasteiger partial charge in [0.2, 0.25) is 5.91 Å². The second kappa shape index (κ2) is 11.0. The van der Waals surface area contributed by atoms with E-state index in [1.54, 1.807) is 13.1 Å². The van der Waals surface area contributed by atoms with Crippen molar-refractivity contribution in [3.05, 3.63) is 46.7 Å². The Kier molecular flexibility index (Phi) is 8.13. The summed E-state index contributed by atoms with van der Waals surface area (Å²) in [5, 5.41) is 4.94. The van der Waals surface area contributed by atoms with Gasteiger partial charge in [-0.05, 0) is 61.4 Å². The molecule has 0 aliphatic heterocycles. The van der Waals surface area contributed by atoms with Crippen LogP contribution in [0, 0.1) is 0 Å². The third-order valence-corrected chi connectivity index (χ3v) is 5.95. The maximum atomic E-state index is 12.6. The minimum absolute atomic E-state index is 0.0312. The lowest BCUT2D eigenvalue weighted by atomic mass is 9.92. The van der Waals surface area contributed by atoms with Crippen LogP contribution in [0.15, 0.2) is 41.8 Å². The molecule has 1 aromatic carbocycles.